The van der Waals surface area contributed by atoms with Gasteiger partial charge >= 0.3 is 0 Å². The lowest BCUT2D eigenvalue weighted by molar-refractivity contribution is -0.0446. The van der Waals surface area contributed by atoms with Gasteiger partial charge in [-0.1, -0.05) is 12.2 Å². The van der Waals surface area contributed by atoms with E-state index in [9.17, 15) is 0 Å². The minimum Gasteiger partial charge on any atom is -0.392 e. The third-order valence-electron chi connectivity index (χ3n) is 1.70. The summed E-state index contributed by atoms with van der Waals surface area (Å²) in [7, 11) is 0. The van der Waals surface area contributed by atoms with Gasteiger partial charge in [-0.3, -0.25) is 0 Å². The molecule has 0 aromatic rings. The number of aliphatic hydroxyl groups excluding tert-OH is 1. The van der Waals surface area contributed by atoms with E-state index in [4.69, 9.17) is 9.84 Å². The first-order valence-electron chi connectivity index (χ1n) is 4.40. The molecule has 3 heteroatoms. The van der Waals surface area contributed by atoms with Crippen LogP contribution in [0.25, 0.3) is 0 Å². The lowest BCUT2D eigenvalue weighted by atomic mass is 10.5. The van der Waals surface area contributed by atoms with Crippen LogP contribution in [0.5, 0.6) is 0 Å². The normalized spacial score (nSPS) is 17.5. The molecule has 1 N–H and O–H groups in total. The van der Waals surface area contributed by atoms with Gasteiger partial charge in [-0.15, -0.1) is 0 Å². The minimum absolute atomic E-state index is 0.0114. The molecule has 0 saturated heterocycles. The first-order valence-corrected chi connectivity index (χ1v) is 4.40. The molecule has 1 rings (SSSR count). The minimum atomic E-state index is -0.280. The molecule has 1 heterocycles. The smallest absolute Gasteiger partial charge is 0.156 e. The number of nitrogens with zero attached hydrogens (tertiary/aromatic N) is 1. The number of rotatable bonds is 4. The fraction of sp³-hybridized carbons (Fsp3) is 0.400. The first kappa shape index (κ1) is 10.0. The molecular weight excluding hydrogens is 166 g/mol. The maximum absolute atomic E-state index is 9.05. The van der Waals surface area contributed by atoms with Crippen molar-refractivity contribution in [1.82, 2.24) is 4.90 Å². The molecule has 0 saturated carbocycles. The highest BCUT2D eigenvalue weighted by molar-refractivity contribution is 5.15. The molecule has 0 aromatic carbocycles. The fourth-order valence-corrected chi connectivity index (χ4v) is 1.09. The van der Waals surface area contributed by atoms with Crippen LogP contribution in [-0.2, 0) is 4.74 Å². The molecule has 13 heavy (non-hydrogen) atoms. The average molecular weight is 181 g/mol. The number of hydrogen-bond donors (Lipinski definition) is 1. The standard InChI is InChI=1S/C10H15NO2/c1-2-13-10(9-12)11-7-5-3-4-6-8-11/h3-8,10,12H,2,9H2,1H3. The van der Waals surface area contributed by atoms with Crippen molar-refractivity contribution in [3.8, 4) is 0 Å². The van der Waals surface area contributed by atoms with E-state index in [1.165, 1.54) is 0 Å². The Hall–Kier alpha value is -1.06. The van der Waals surface area contributed by atoms with E-state index >= 15 is 0 Å². The number of allylic oxidation sites excluding steroid dienone is 4. The monoisotopic (exact) mass is 181 g/mol. The largest absolute Gasteiger partial charge is 0.392 e. The zero-order chi connectivity index (χ0) is 9.52. The van der Waals surface area contributed by atoms with E-state index in [1.807, 2.05) is 48.5 Å². The molecular formula is C10H15NO2. The highest BCUT2D eigenvalue weighted by Gasteiger charge is 2.11. The molecule has 0 amide bonds. The molecule has 3 nitrogen and oxygen atoms in total. The first-order chi connectivity index (χ1) is 6.38. The lowest BCUT2D eigenvalue weighted by Gasteiger charge is -2.24. The van der Waals surface area contributed by atoms with Crippen LogP contribution in [0.1, 0.15) is 6.92 Å². The van der Waals surface area contributed by atoms with Crippen LogP contribution < -0.4 is 0 Å². The molecule has 1 atom stereocenters. The van der Waals surface area contributed by atoms with Gasteiger partial charge < -0.3 is 14.7 Å². The van der Waals surface area contributed by atoms with E-state index < -0.39 is 0 Å². The van der Waals surface area contributed by atoms with Gasteiger partial charge in [0.1, 0.15) is 0 Å². The zero-order valence-electron chi connectivity index (χ0n) is 7.76. The summed E-state index contributed by atoms with van der Waals surface area (Å²) in [6, 6.07) is 0. The van der Waals surface area contributed by atoms with Gasteiger partial charge in [0.2, 0.25) is 0 Å². The van der Waals surface area contributed by atoms with Crippen molar-refractivity contribution in [3.05, 3.63) is 36.7 Å². The lowest BCUT2D eigenvalue weighted by Crippen LogP contribution is -2.32. The van der Waals surface area contributed by atoms with Gasteiger partial charge in [0.25, 0.3) is 0 Å². The summed E-state index contributed by atoms with van der Waals surface area (Å²) in [4.78, 5) is 1.84. The third-order valence-corrected chi connectivity index (χ3v) is 1.70. The van der Waals surface area contributed by atoms with Gasteiger partial charge in [-0.2, -0.15) is 0 Å². The third kappa shape index (κ3) is 3.05. The second kappa shape index (κ2) is 5.56. The molecule has 1 aliphatic rings. The molecule has 0 spiro atoms. The van der Waals surface area contributed by atoms with E-state index in [-0.39, 0.29) is 12.8 Å². The number of ether oxygens (including phenoxy) is 1. The van der Waals surface area contributed by atoms with Crippen LogP contribution in [0.3, 0.4) is 0 Å². The Labute approximate surface area is 78.6 Å². The average Bonchev–Trinajstić information content (AvgIpc) is 2.42. The van der Waals surface area contributed by atoms with Gasteiger partial charge in [0.15, 0.2) is 6.23 Å². The maximum Gasteiger partial charge on any atom is 0.156 e. The summed E-state index contributed by atoms with van der Waals surface area (Å²) in [5.41, 5.74) is 0. The van der Waals surface area contributed by atoms with E-state index in [2.05, 4.69) is 0 Å². The number of hydrogen-bond acceptors (Lipinski definition) is 3. The summed E-state index contributed by atoms with van der Waals surface area (Å²) in [5.74, 6) is 0. The Morgan fingerprint density at radius 3 is 2.31 bits per heavy atom. The van der Waals surface area contributed by atoms with Gasteiger partial charge in [0.05, 0.1) is 6.61 Å². The van der Waals surface area contributed by atoms with Crippen molar-refractivity contribution in [2.45, 2.75) is 13.2 Å². The summed E-state index contributed by atoms with van der Waals surface area (Å²) in [5, 5.41) is 9.05. The van der Waals surface area contributed by atoms with Crippen molar-refractivity contribution in [3.63, 3.8) is 0 Å². The van der Waals surface area contributed by atoms with Crippen molar-refractivity contribution in [2.24, 2.45) is 0 Å². The molecule has 0 bridgehead atoms. The Balaban J connectivity index is 2.57. The second-order valence-electron chi connectivity index (χ2n) is 2.61. The second-order valence-corrected chi connectivity index (χ2v) is 2.61. The summed E-state index contributed by atoms with van der Waals surface area (Å²) < 4.78 is 5.33. The molecule has 1 unspecified atom stereocenters. The molecule has 72 valence electrons. The van der Waals surface area contributed by atoms with Crippen molar-refractivity contribution < 1.29 is 9.84 Å². The maximum atomic E-state index is 9.05. The zero-order valence-corrected chi connectivity index (χ0v) is 7.76. The van der Waals surface area contributed by atoms with Crippen LogP contribution in [0.2, 0.25) is 0 Å². The molecule has 0 fully saturated rings. The molecule has 0 radical (unpaired) electrons. The highest BCUT2D eigenvalue weighted by atomic mass is 16.5. The Bertz CT molecular complexity index is 205. The summed E-state index contributed by atoms with van der Waals surface area (Å²) in [6.07, 6.45) is 11.1. The van der Waals surface area contributed by atoms with Crippen molar-refractivity contribution >= 4 is 0 Å². The summed E-state index contributed by atoms with van der Waals surface area (Å²) in [6.45, 7) is 2.49. The van der Waals surface area contributed by atoms with Crippen molar-refractivity contribution in [2.75, 3.05) is 13.2 Å². The van der Waals surface area contributed by atoms with Gasteiger partial charge in [-0.05, 0) is 19.1 Å². The van der Waals surface area contributed by atoms with Crippen LogP contribution in [0.15, 0.2) is 36.7 Å². The molecule has 1 aliphatic heterocycles. The fourth-order valence-electron chi connectivity index (χ4n) is 1.09. The SMILES string of the molecule is CCOC(CO)N1C=CC=CC=C1. The van der Waals surface area contributed by atoms with Gasteiger partial charge in [0, 0.05) is 19.0 Å². The van der Waals surface area contributed by atoms with Gasteiger partial charge in [-0.25, -0.2) is 0 Å². The number of aliphatic hydroxyl groups is 1. The summed E-state index contributed by atoms with van der Waals surface area (Å²) >= 11 is 0. The Morgan fingerprint density at radius 2 is 1.85 bits per heavy atom. The molecule has 0 aliphatic carbocycles. The van der Waals surface area contributed by atoms with Crippen LogP contribution >= 0.6 is 0 Å². The van der Waals surface area contributed by atoms with E-state index in [0.29, 0.717) is 6.61 Å². The predicted molar refractivity (Wildman–Crippen MR) is 51.8 cm³/mol. The highest BCUT2D eigenvalue weighted by Crippen LogP contribution is 2.05. The quantitative estimate of drug-likeness (QED) is 0.708. The molecule has 0 aromatic heterocycles. The van der Waals surface area contributed by atoms with E-state index in [1.54, 1.807) is 0 Å². The van der Waals surface area contributed by atoms with Crippen LogP contribution in [0, 0.1) is 0 Å². The Kier molecular flexibility index (Phi) is 4.29. The van der Waals surface area contributed by atoms with Crippen molar-refractivity contribution in [1.29, 1.82) is 0 Å². The van der Waals surface area contributed by atoms with Crippen LogP contribution in [0.4, 0.5) is 0 Å². The predicted octanol–water partition coefficient (Wildman–Crippen LogP) is 1.24. The topological polar surface area (TPSA) is 32.7 Å². The van der Waals surface area contributed by atoms with E-state index in [0.717, 1.165) is 0 Å². The Morgan fingerprint density at radius 1 is 1.23 bits per heavy atom. The van der Waals surface area contributed by atoms with Crippen LogP contribution in [-0.4, -0.2) is 29.4 Å².